The van der Waals surface area contributed by atoms with Crippen LogP contribution in [0, 0.1) is 18.6 Å². The van der Waals surface area contributed by atoms with Crippen LogP contribution in [0.3, 0.4) is 0 Å². The van der Waals surface area contributed by atoms with Crippen molar-refractivity contribution in [3.8, 4) is 0 Å². The number of nitrogens with zero attached hydrogens (tertiary/aromatic N) is 1. The molecule has 0 fully saturated rings. The highest BCUT2D eigenvalue weighted by Crippen LogP contribution is 2.24. The first-order chi connectivity index (χ1) is 12.8. The molecule has 0 aliphatic carbocycles. The summed E-state index contributed by atoms with van der Waals surface area (Å²) in [7, 11) is 0. The first-order valence-electron chi connectivity index (χ1n) is 8.49. The molecule has 2 aromatic carbocycles. The van der Waals surface area contributed by atoms with Crippen molar-refractivity contribution in [2.75, 3.05) is 6.54 Å². The Morgan fingerprint density at radius 3 is 2.44 bits per heavy atom. The molecule has 0 radical (unpaired) electrons. The van der Waals surface area contributed by atoms with Crippen molar-refractivity contribution in [2.24, 2.45) is 0 Å². The van der Waals surface area contributed by atoms with Crippen molar-refractivity contribution < 1.29 is 23.2 Å². The van der Waals surface area contributed by atoms with Gasteiger partial charge in [0.1, 0.15) is 0 Å². The van der Waals surface area contributed by atoms with Crippen LogP contribution >= 0.6 is 0 Å². The van der Waals surface area contributed by atoms with E-state index >= 15 is 0 Å². The number of hydrogen-bond acceptors (Lipinski definition) is 3. The van der Waals surface area contributed by atoms with Crippen molar-refractivity contribution in [2.45, 2.75) is 26.3 Å². The van der Waals surface area contributed by atoms with Gasteiger partial charge in [-0.3, -0.25) is 19.3 Å². The van der Waals surface area contributed by atoms with Gasteiger partial charge in [0.15, 0.2) is 11.6 Å². The minimum absolute atomic E-state index is 0.0538. The zero-order chi connectivity index (χ0) is 19.7. The Hall–Kier alpha value is -3.09. The fourth-order valence-electron chi connectivity index (χ4n) is 3.00. The third kappa shape index (κ3) is 3.72. The highest BCUT2D eigenvalue weighted by atomic mass is 19.2. The van der Waals surface area contributed by atoms with Gasteiger partial charge in [0.05, 0.1) is 17.2 Å². The molecule has 3 rings (SSSR count). The van der Waals surface area contributed by atoms with Crippen molar-refractivity contribution in [3.63, 3.8) is 0 Å². The Balaban J connectivity index is 1.60. The van der Waals surface area contributed by atoms with Gasteiger partial charge in [0.25, 0.3) is 11.8 Å². The predicted molar refractivity (Wildman–Crippen MR) is 94.1 cm³/mol. The number of hydrogen-bond donors (Lipinski definition) is 1. The maximum atomic E-state index is 13.3. The third-order valence-electron chi connectivity index (χ3n) is 4.51. The molecule has 0 bridgehead atoms. The normalized spacial score (nSPS) is 14.3. The van der Waals surface area contributed by atoms with E-state index in [9.17, 15) is 23.2 Å². The number of rotatable bonds is 5. The average Bonchev–Trinajstić information content (AvgIpc) is 2.85. The molecule has 0 saturated carbocycles. The molecule has 1 unspecified atom stereocenters. The first kappa shape index (κ1) is 18.7. The molecule has 1 N–H and O–H groups in total. The van der Waals surface area contributed by atoms with Gasteiger partial charge in [-0.05, 0) is 43.7 Å². The quantitative estimate of drug-likeness (QED) is 0.820. The molecule has 27 heavy (non-hydrogen) atoms. The molecule has 7 heteroatoms. The minimum atomic E-state index is -0.991. The highest BCUT2D eigenvalue weighted by molar-refractivity contribution is 6.21. The fourth-order valence-corrected chi connectivity index (χ4v) is 3.00. The summed E-state index contributed by atoms with van der Waals surface area (Å²) in [6.07, 6.45) is -0.0849. The number of halogens is 2. The summed E-state index contributed by atoms with van der Waals surface area (Å²) >= 11 is 0. The second-order valence-electron chi connectivity index (χ2n) is 6.52. The topological polar surface area (TPSA) is 66.5 Å². The zero-order valence-electron chi connectivity index (χ0n) is 14.9. The molecular formula is C20H18F2N2O3. The van der Waals surface area contributed by atoms with Crippen molar-refractivity contribution in [1.82, 2.24) is 10.2 Å². The van der Waals surface area contributed by atoms with Crippen molar-refractivity contribution >= 4 is 17.7 Å². The number of carbonyl (C=O) groups excluding carboxylic acids is 3. The molecular weight excluding hydrogens is 354 g/mol. The van der Waals surface area contributed by atoms with Gasteiger partial charge >= 0.3 is 0 Å². The number of benzene rings is 2. The van der Waals surface area contributed by atoms with Gasteiger partial charge in [0, 0.05) is 13.0 Å². The van der Waals surface area contributed by atoms with E-state index < -0.39 is 35.4 Å². The first-order valence-corrected chi connectivity index (χ1v) is 8.49. The van der Waals surface area contributed by atoms with E-state index in [4.69, 9.17) is 0 Å². The van der Waals surface area contributed by atoms with Crippen LogP contribution < -0.4 is 5.32 Å². The van der Waals surface area contributed by atoms with Crippen LogP contribution in [0.4, 0.5) is 8.78 Å². The summed E-state index contributed by atoms with van der Waals surface area (Å²) in [6.45, 7) is 3.41. The lowest BCUT2D eigenvalue weighted by molar-refractivity contribution is -0.121. The van der Waals surface area contributed by atoms with E-state index in [1.807, 2.05) is 6.92 Å². The predicted octanol–water partition coefficient (Wildman–Crippen LogP) is 3.14. The van der Waals surface area contributed by atoms with Crippen LogP contribution in [0.1, 0.15) is 51.2 Å². The molecule has 0 saturated heterocycles. The van der Waals surface area contributed by atoms with Gasteiger partial charge in [-0.25, -0.2) is 8.78 Å². The van der Waals surface area contributed by atoms with Crippen LogP contribution in [-0.4, -0.2) is 29.2 Å². The Kier molecular flexibility index (Phi) is 5.03. The van der Waals surface area contributed by atoms with Gasteiger partial charge in [0.2, 0.25) is 5.91 Å². The van der Waals surface area contributed by atoms with Crippen LogP contribution in [0.5, 0.6) is 0 Å². The van der Waals surface area contributed by atoms with E-state index in [1.54, 1.807) is 25.1 Å². The number of fused-ring (bicyclic) bond motifs is 1. The van der Waals surface area contributed by atoms with E-state index in [2.05, 4.69) is 5.32 Å². The summed E-state index contributed by atoms with van der Waals surface area (Å²) in [5, 5.41) is 2.65. The van der Waals surface area contributed by atoms with Gasteiger partial charge in [-0.2, -0.15) is 0 Å². The van der Waals surface area contributed by atoms with Gasteiger partial charge in [-0.15, -0.1) is 0 Å². The number of imide groups is 1. The van der Waals surface area contributed by atoms with Crippen LogP contribution in [0.2, 0.25) is 0 Å². The smallest absolute Gasteiger partial charge is 0.261 e. The molecule has 2 aromatic rings. The molecule has 3 amide bonds. The Morgan fingerprint density at radius 1 is 1.04 bits per heavy atom. The summed E-state index contributed by atoms with van der Waals surface area (Å²) in [6, 6.07) is 7.87. The molecule has 1 aliphatic rings. The molecule has 140 valence electrons. The SMILES string of the molecule is Cc1ccc2c(c1)C(=O)N(CCC(=O)NC(C)c1ccc(F)c(F)c1)C2=O. The lowest BCUT2D eigenvalue weighted by Gasteiger charge is -2.17. The maximum absolute atomic E-state index is 13.3. The second-order valence-corrected chi connectivity index (χ2v) is 6.52. The highest BCUT2D eigenvalue weighted by Gasteiger charge is 2.35. The summed E-state index contributed by atoms with van der Waals surface area (Å²) in [4.78, 5) is 37.9. The van der Waals surface area contributed by atoms with Crippen molar-refractivity contribution in [3.05, 3.63) is 70.3 Å². The molecule has 1 atom stereocenters. The number of amides is 3. The van der Waals surface area contributed by atoms with E-state index in [0.717, 1.165) is 22.6 Å². The van der Waals surface area contributed by atoms with Gasteiger partial charge < -0.3 is 5.32 Å². The zero-order valence-corrected chi connectivity index (χ0v) is 14.9. The standard InChI is InChI=1S/C20H18F2N2O3/c1-11-3-5-14-15(9-11)20(27)24(19(14)26)8-7-18(25)23-12(2)13-4-6-16(21)17(22)10-13/h3-6,9-10,12H,7-8H2,1-2H3,(H,23,25). The molecule has 0 spiro atoms. The van der Waals surface area contributed by atoms with E-state index in [0.29, 0.717) is 16.7 Å². The summed E-state index contributed by atoms with van der Waals surface area (Å²) in [5.41, 5.74) is 1.96. The number of aryl methyl sites for hydroxylation is 1. The van der Waals surface area contributed by atoms with Gasteiger partial charge in [-0.1, -0.05) is 17.7 Å². The second kappa shape index (κ2) is 7.26. The lowest BCUT2D eigenvalue weighted by Crippen LogP contribution is -2.35. The van der Waals surface area contributed by atoms with Crippen molar-refractivity contribution in [1.29, 1.82) is 0 Å². The number of nitrogens with one attached hydrogen (secondary N) is 1. The number of carbonyl (C=O) groups is 3. The van der Waals surface area contributed by atoms with Crippen LogP contribution in [0.25, 0.3) is 0 Å². The van der Waals surface area contributed by atoms with Crippen LogP contribution in [-0.2, 0) is 4.79 Å². The minimum Gasteiger partial charge on any atom is -0.350 e. The Morgan fingerprint density at radius 2 is 1.74 bits per heavy atom. The largest absolute Gasteiger partial charge is 0.350 e. The summed E-state index contributed by atoms with van der Waals surface area (Å²) in [5.74, 6) is -3.19. The maximum Gasteiger partial charge on any atom is 0.261 e. The lowest BCUT2D eigenvalue weighted by atomic mass is 10.1. The van der Waals surface area contributed by atoms with E-state index in [1.165, 1.54) is 6.07 Å². The molecule has 0 aromatic heterocycles. The molecule has 1 aliphatic heterocycles. The monoisotopic (exact) mass is 372 g/mol. The average molecular weight is 372 g/mol. The third-order valence-corrected chi connectivity index (χ3v) is 4.51. The summed E-state index contributed by atoms with van der Waals surface area (Å²) < 4.78 is 26.3. The fraction of sp³-hybridized carbons (Fsp3) is 0.250. The van der Waals surface area contributed by atoms with Crippen LogP contribution in [0.15, 0.2) is 36.4 Å². The molecule has 5 nitrogen and oxygen atoms in total. The Bertz CT molecular complexity index is 943. The van der Waals surface area contributed by atoms with E-state index in [-0.39, 0.29) is 13.0 Å². The molecule has 1 heterocycles. The Labute approximate surface area is 155 Å².